The van der Waals surface area contributed by atoms with Crippen LogP contribution in [-0.4, -0.2) is 11.0 Å². The molecule has 5 heteroatoms. The van der Waals surface area contributed by atoms with Gasteiger partial charge in [-0.15, -0.1) is 0 Å². The molecule has 5 nitrogen and oxygen atoms in total. The number of fused-ring (bicyclic) bond motifs is 4. The third-order valence-corrected chi connectivity index (χ3v) is 15.9. The molecule has 8 aromatic rings. The number of para-hydroxylation sites is 3. The van der Waals surface area contributed by atoms with Crippen LogP contribution in [0.4, 0.5) is 34.3 Å². The number of ether oxygens (including phenoxy) is 1. The zero-order chi connectivity index (χ0) is 51.6. The van der Waals surface area contributed by atoms with Crippen LogP contribution < -0.4 is 20.3 Å². The van der Waals surface area contributed by atoms with Gasteiger partial charge >= 0.3 is 0 Å². The molecule has 0 fully saturated rings. The number of allylic oxidation sites excluding steroid dienone is 2. The van der Waals surface area contributed by atoms with Gasteiger partial charge in [0.05, 0.1) is 28.8 Å². The largest absolute Gasteiger partial charge is 0.457 e. The zero-order valence-electron chi connectivity index (χ0n) is 44.8. The second-order valence-electron chi connectivity index (χ2n) is 24.1. The number of nitrogens with one attached hydrogen (secondary N) is 2. The lowest BCUT2D eigenvalue weighted by atomic mass is 9.63. The highest BCUT2D eigenvalue weighted by Gasteiger charge is 2.39. The first-order valence-electron chi connectivity index (χ1n) is 26.6. The lowest BCUT2D eigenvalue weighted by molar-refractivity contribution is 0.332. The average molecular weight is 971 g/mol. The van der Waals surface area contributed by atoms with Gasteiger partial charge in [0.15, 0.2) is 0 Å². The van der Waals surface area contributed by atoms with Crippen LogP contribution in [0.3, 0.4) is 0 Å². The van der Waals surface area contributed by atoms with Crippen molar-refractivity contribution in [2.45, 2.75) is 116 Å². The molecule has 74 heavy (non-hydrogen) atoms. The third-order valence-electron chi connectivity index (χ3n) is 15.9. The molecular weight excluding hydrogens is 901 g/mol. The van der Waals surface area contributed by atoms with Crippen molar-refractivity contribution in [2.24, 2.45) is 0 Å². The molecule has 1 aromatic heterocycles. The topological polar surface area (TPSA) is 49.4 Å². The molecule has 11 rings (SSSR count). The molecule has 2 aliphatic carbocycles. The van der Waals surface area contributed by atoms with E-state index in [2.05, 4.69) is 267 Å². The fraction of sp³-hybridized carbons (Fsp3) is 0.261. The molecule has 2 unspecified atom stereocenters. The molecule has 2 heterocycles. The Kier molecular flexibility index (Phi) is 12.3. The molecule has 2 atom stereocenters. The summed E-state index contributed by atoms with van der Waals surface area (Å²) in [5, 5.41) is 7.88. The van der Waals surface area contributed by atoms with Crippen LogP contribution >= 0.6 is 0 Å². The standard InChI is InChI=1S/C69H70N4O/c1-66(2,3)49-34-37-70-64(42-49)73-62-29-17-14-24-56(62)57-32-31-53(44-63(57)73)74-52-23-18-22-51(43-52)71-60-27-15-16-28-61(60)72-65-54(46-30-33-58-59(41-46)69(9,10)36-35-68(58,7)8)25-19-26-55(65)48-38-47(45-20-12-11-13-21-45)39-50(40-48)67(4,5)6/h11-34,37-44,56,62,71-72H,35-36H2,1-10H3. The van der Waals surface area contributed by atoms with Crippen LogP contribution in [0.2, 0.25) is 0 Å². The maximum atomic E-state index is 6.76. The van der Waals surface area contributed by atoms with Gasteiger partial charge in [0.1, 0.15) is 17.3 Å². The Balaban J connectivity index is 0.957. The van der Waals surface area contributed by atoms with Crippen molar-refractivity contribution < 1.29 is 4.74 Å². The number of nitrogens with zero attached hydrogens (tertiary/aromatic N) is 2. The van der Waals surface area contributed by atoms with Gasteiger partial charge in [-0.3, -0.25) is 0 Å². The number of aromatic nitrogens is 1. The Labute approximate surface area is 440 Å². The molecule has 0 radical (unpaired) electrons. The summed E-state index contributed by atoms with van der Waals surface area (Å²) < 4.78 is 6.76. The Hall–Kier alpha value is -7.63. The summed E-state index contributed by atoms with van der Waals surface area (Å²) in [6.45, 7) is 23.3. The Morgan fingerprint density at radius 3 is 1.95 bits per heavy atom. The third kappa shape index (κ3) is 9.45. The fourth-order valence-corrected chi connectivity index (χ4v) is 11.4. The first-order chi connectivity index (χ1) is 35.4. The van der Waals surface area contributed by atoms with Crippen molar-refractivity contribution in [3.05, 3.63) is 222 Å². The number of anilines is 6. The fourth-order valence-electron chi connectivity index (χ4n) is 11.4. The quantitative estimate of drug-likeness (QED) is 0.143. The smallest absolute Gasteiger partial charge is 0.133 e. The summed E-state index contributed by atoms with van der Waals surface area (Å²) in [6.07, 6.45) is 13.2. The summed E-state index contributed by atoms with van der Waals surface area (Å²) in [4.78, 5) is 7.31. The second-order valence-corrected chi connectivity index (χ2v) is 24.1. The first kappa shape index (κ1) is 48.6. The average Bonchev–Trinajstić information content (AvgIpc) is 3.72. The van der Waals surface area contributed by atoms with Gasteiger partial charge in [0.25, 0.3) is 0 Å². The highest BCUT2D eigenvalue weighted by molar-refractivity contribution is 5.96. The molecule has 1 aliphatic heterocycles. The Morgan fingerprint density at radius 2 is 1.19 bits per heavy atom. The SMILES string of the molecule is CC(C)(C)c1cc(-c2ccccc2)cc(-c2cccc(-c3ccc4c(c3)C(C)(C)CCC4(C)C)c2Nc2ccccc2Nc2cccc(Oc3ccc4c(c3)N(c3cc(C(C)(C)C)ccn3)C3C=CC=CC43)c2)c1. The van der Waals surface area contributed by atoms with Crippen molar-refractivity contribution in [3.63, 3.8) is 0 Å². The van der Waals surface area contributed by atoms with Crippen molar-refractivity contribution in [1.29, 1.82) is 0 Å². The molecule has 0 saturated carbocycles. The molecule has 372 valence electrons. The molecule has 0 bridgehead atoms. The lowest BCUT2D eigenvalue weighted by Crippen LogP contribution is -2.33. The summed E-state index contributed by atoms with van der Waals surface area (Å²) >= 11 is 0. The molecule has 0 saturated heterocycles. The number of pyridine rings is 1. The van der Waals surface area contributed by atoms with Crippen LogP contribution in [0.25, 0.3) is 33.4 Å². The normalized spacial score (nSPS) is 17.3. The molecule has 3 aliphatic rings. The van der Waals surface area contributed by atoms with Crippen LogP contribution in [0.5, 0.6) is 11.5 Å². The van der Waals surface area contributed by atoms with Gasteiger partial charge in [0, 0.05) is 41.1 Å². The van der Waals surface area contributed by atoms with E-state index >= 15 is 0 Å². The molecule has 7 aromatic carbocycles. The van der Waals surface area contributed by atoms with E-state index in [0.29, 0.717) is 0 Å². The van der Waals surface area contributed by atoms with Crippen LogP contribution in [0.1, 0.15) is 116 Å². The summed E-state index contributed by atoms with van der Waals surface area (Å²) in [5.41, 5.74) is 19.0. The number of hydrogen-bond donors (Lipinski definition) is 2. The first-order valence-corrected chi connectivity index (χ1v) is 26.6. The molecule has 0 amide bonds. The predicted octanol–water partition coefficient (Wildman–Crippen LogP) is 19.0. The van der Waals surface area contributed by atoms with Gasteiger partial charge in [-0.1, -0.05) is 197 Å². The minimum absolute atomic E-state index is 0.000964. The molecular formula is C69H70N4O. The van der Waals surface area contributed by atoms with E-state index in [-0.39, 0.29) is 33.6 Å². The minimum Gasteiger partial charge on any atom is -0.457 e. The van der Waals surface area contributed by atoms with E-state index in [0.717, 1.165) is 63.3 Å². The second kappa shape index (κ2) is 18.7. The predicted molar refractivity (Wildman–Crippen MR) is 313 cm³/mol. The lowest BCUT2D eigenvalue weighted by Gasteiger charge is -2.42. The van der Waals surface area contributed by atoms with Crippen LogP contribution in [0, 0.1) is 0 Å². The molecule has 0 spiro atoms. The summed E-state index contributed by atoms with van der Waals surface area (Å²) in [6, 6.07) is 59.8. The monoisotopic (exact) mass is 971 g/mol. The van der Waals surface area contributed by atoms with E-state index in [9.17, 15) is 0 Å². The van der Waals surface area contributed by atoms with E-state index in [1.54, 1.807) is 0 Å². The number of hydrogen-bond acceptors (Lipinski definition) is 5. The number of benzene rings is 7. The minimum atomic E-state index is -0.0683. The van der Waals surface area contributed by atoms with Crippen LogP contribution in [-0.2, 0) is 21.7 Å². The zero-order valence-corrected chi connectivity index (χ0v) is 44.8. The van der Waals surface area contributed by atoms with Crippen molar-refractivity contribution in [3.8, 4) is 44.9 Å². The van der Waals surface area contributed by atoms with Gasteiger partial charge in [-0.2, -0.15) is 0 Å². The maximum absolute atomic E-state index is 6.76. The van der Waals surface area contributed by atoms with Gasteiger partial charge in [0.2, 0.25) is 0 Å². The van der Waals surface area contributed by atoms with Crippen molar-refractivity contribution >= 4 is 34.3 Å². The van der Waals surface area contributed by atoms with Crippen LogP contribution in [0.15, 0.2) is 194 Å². The number of rotatable bonds is 10. The van der Waals surface area contributed by atoms with E-state index in [4.69, 9.17) is 9.72 Å². The van der Waals surface area contributed by atoms with Crippen molar-refractivity contribution in [1.82, 2.24) is 4.98 Å². The highest BCUT2D eigenvalue weighted by Crippen LogP contribution is 2.51. The van der Waals surface area contributed by atoms with Gasteiger partial charge in [-0.25, -0.2) is 4.98 Å². The molecule has 2 N–H and O–H groups in total. The summed E-state index contributed by atoms with van der Waals surface area (Å²) in [5.74, 6) is 2.69. The maximum Gasteiger partial charge on any atom is 0.133 e. The van der Waals surface area contributed by atoms with Gasteiger partial charge in [-0.05, 0) is 133 Å². The summed E-state index contributed by atoms with van der Waals surface area (Å²) in [7, 11) is 0. The highest BCUT2D eigenvalue weighted by atomic mass is 16.5. The van der Waals surface area contributed by atoms with E-state index < -0.39 is 0 Å². The Bertz CT molecular complexity index is 3470. The Morgan fingerprint density at radius 1 is 0.527 bits per heavy atom. The van der Waals surface area contributed by atoms with Gasteiger partial charge < -0.3 is 20.3 Å². The van der Waals surface area contributed by atoms with E-state index in [1.807, 2.05) is 12.3 Å². The van der Waals surface area contributed by atoms with E-state index in [1.165, 1.54) is 56.5 Å². The van der Waals surface area contributed by atoms with Crippen molar-refractivity contribution in [2.75, 3.05) is 15.5 Å².